The summed E-state index contributed by atoms with van der Waals surface area (Å²) in [5, 5.41) is 0. The highest BCUT2D eigenvalue weighted by Crippen LogP contribution is 2.15. The highest BCUT2D eigenvalue weighted by atomic mass is 32.2. The van der Waals surface area contributed by atoms with E-state index < -0.39 is 12.8 Å². The molecule has 0 heterocycles. The zero-order valence-corrected chi connectivity index (χ0v) is 7.10. The van der Waals surface area contributed by atoms with Gasteiger partial charge in [0.15, 0.2) is 6.67 Å². The zero-order chi connectivity index (χ0) is 8.74. The number of alkyl halides is 3. The van der Waals surface area contributed by atoms with Gasteiger partial charge in [-0.25, -0.2) is 4.39 Å². The Balaban J connectivity index is 3.23. The fraction of sp³-hybridized carbons (Fsp3) is 1.00. The predicted molar refractivity (Wildman–Crippen MR) is 39.9 cm³/mol. The fourth-order valence-corrected chi connectivity index (χ4v) is 0.923. The SMILES string of the molecule is CCSCCOC(F)(F)CF. The molecule has 0 saturated heterocycles. The molecule has 5 heteroatoms. The summed E-state index contributed by atoms with van der Waals surface area (Å²) in [6.45, 7) is 0.0666. The standard InChI is InChI=1S/C6H11F3OS/c1-2-11-4-3-10-6(8,9)5-7/h2-5H2,1H3. The third-order valence-electron chi connectivity index (χ3n) is 0.901. The fourth-order valence-electron chi connectivity index (χ4n) is 0.433. The molecule has 0 aliphatic carbocycles. The average molecular weight is 188 g/mol. The molecular weight excluding hydrogens is 177 g/mol. The monoisotopic (exact) mass is 188 g/mol. The molecular formula is C6H11F3OS. The molecule has 0 aliphatic heterocycles. The first-order valence-corrected chi connectivity index (χ1v) is 4.43. The van der Waals surface area contributed by atoms with Crippen LogP contribution >= 0.6 is 11.8 Å². The van der Waals surface area contributed by atoms with Gasteiger partial charge in [0.25, 0.3) is 0 Å². The molecule has 0 radical (unpaired) electrons. The van der Waals surface area contributed by atoms with E-state index in [2.05, 4.69) is 4.74 Å². The van der Waals surface area contributed by atoms with Crippen molar-refractivity contribution in [3.63, 3.8) is 0 Å². The van der Waals surface area contributed by atoms with E-state index in [-0.39, 0.29) is 6.61 Å². The first-order chi connectivity index (χ1) is 5.12. The van der Waals surface area contributed by atoms with E-state index >= 15 is 0 Å². The molecule has 0 amide bonds. The predicted octanol–water partition coefficient (Wildman–Crippen LogP) is 2.32. The number of rotatable bonds is 6. The Morgan fingerprint density at radius 3 is 2.55 bits per heavy atom. The van der Waals surface area contributed by atoms with E-state index in [1.165, 1.54) is 11.8 Å². The molecule has 1 nitrogen and oxygen atoms in total. The van der Waals surface area contributed by atoms with E-state index in [0.717, 1.165) is 5.75 Å². The normalized spacial score (nSPS) is 12.0. The summed E-state index contributed by atoms with van der Waals surface area (Å²) >= 11 is 1.48. The van der Waals surface area contributed by atoms with Crippen molar-refractivity contribution in [1.29, 1.82) is 0 Å². The molecule has 11 heavy (non-hydrogen) atoms. The maximum atomic E-state index is 12.0. The Bertz CT molecular complexity index is 99.8. The van der Waals surface area contributed by atoms with Crippen molar-refractivity contribution >= 4 is 11.8 Å². The molecule has 0 spiro atoms. The van der Waals surface area contributed by atoms with Crippen molar-refractivity contribution in [3.8, 4) is 0 Å². The van der Waals surface area contributed by atoms with Gasteiger partial charge in [0.05, 0.1) is 6.61 Å². The van der Waals surface area contributed by atoms with Crippen LogP contribution in [0.2, 0.25) is 0 Å². The molecule has 0 unspecified atom stereocenters. The van der Waals surface area contributed by atoms with Crippen molar-refractivity contribution in [2.24, 2.45) is 0 Å². The molecule has 0 atom stereocenters. The Labute approximate surface area is 68.3 Å². The molecule has 68 valence electrons. The number of ether oxygens (including phenoxy) is 1. The van der Waals surface area contributed by atoms with E-state index in [9.17, 15) is 13.2 Å². The molecule has 0 aromatic carbocycles. The van der Waals surface area contributed by atoms with Crippen LogP contribution in [0.3, 0.4) is 0 Å². The van der Waals surface area contributed by atoms with E-state index in [1.54, 1.807) is 0 Å². The van der Waals surface area contributed by atoms with Crippen LogP contribution in [-0.4, -0.2) is 30.9 Å². The van der Waals surface area contributed by atoms with Gasteiger partial charge in [-0.2, -0.15) is 20.5 Å². The molecule has 0 N–H and O–H groups in total. The molecule has 0 rings (SSSR count). The van der Waals surface area contributed by atoms with Crippen LogP contribution in [0.1, 0.15) is 6.92 Å². The van der Waals surface area contributed by atoms with Crippen LogP contribution in [0, 0.1) is 0 Å². The van der Waals surface area contributed by atoms with Crippen LogP contribution in [0.5, 0.6) is 0 Å². The molecule has 0 aliphatic rings. The lowest BCUT2D eigenvalue weighted by molar-refractivity contribution is -0.242. The summed E-state index contributed by atoms with van der Waals surface area (Å²) in [6.07, 6.45) is -3.59. The second-order valence-corrected chi connectivity index (χ2v) is 3.21. The van der Waals surface area contributed by atoms with Gasteiger partial charge in [-0.3, -0.25) is 0 Å². The third kappa shape index (κ3) is 6.50. The van der Waals surface area contributed by atoms with Crippen molar-refractivity contribution < 1.29 is 17.9 Å². The van der Waals surface area contributed by atoms with Gasteiger partial charge in [-0.05, 0) is 5.75 Å². The van der Waals surface area contributed by atoms with Crippen molar-refractivity contribution in [2.45, 2.75) is 13.0 Å². The van der Waals surface area contributed by atoms with Crippen LogP contribution in [0.15, 0.2) is 0 Å². The number of hydrogen-bond acceptors (Lipinski definition) is 2. The quantitative estimate of drug-likeness (QED) is 0.591. The summed E-state index contributed by atoms with van der Waals surface area (Å²) in [5.74, 6) is 1.33. The van der Waals surface area contributed by atoms with E-state index in [0.29, 0.717) is 5.75 Å². The Hall–Kier alpha value is 0.100. The van der Waals surface area contributed by atoms with Crippen LogP contribution in [0.4, 0.5) is 13.2 Å². The molecule has 0 fully saturated rings. The molecule has 0 aromatic heterocycles. The lowest BCUT2D eigenvalue weighted by Crippen LogP contribution is -2.24. The minimum absolute atomic E-state index is 0.102. The summed E-state index contributed by atoms with van der Waals surface area (Å²) in [5.41, 5.74) is 0. The van der Waals surface area contributed by atoms with Gasteiger partial charge in [0, 0.05) is 5.75 Å². The van der Waals surface area contributed by atoms with Gasteiger partial charge in [0.1, 0.15) is 0 Å². The summed E-state index contributed by atoms with van der Waals surface area (Å²) in [6, 6.07) is 0. The highest BCUT2D eigenvalue weighted by Gasteiger charge is 2.29. The van der Waals surface area contributed by atoms with Crippen LogP contribution < -0.4 is 0 Å². The largest absolute Gasteiger partial charge is 0.384 e. The Morgan fingerprint density at radius 2 is 2.09 bits per heavy atom. The molecule has 0 bridgehead atoms. The van der Waals surface area contributed by atoms with Gasteiger partial charge >= 0.3 is 6.11 Å². The topological polar surface area (TPSA) is 9.23 Å². The van der Waals surface area contributed by atoms with Crippen molar-refractivity contribution in [3.05, 3.63) is 0 Å². The maximum Gasteiger partial charge on any atom is 0.384 e. The van der Waals surface area contributed by atoms with Crippen molar-refractivity contribution in [2.75, 3.05) is 24.8 Å². The third-order valence-corrected chi connectivity index (χ3v) is 1.76. The smallest absolute Gasteiger partial charge is 0.318 e. The first kappa shape index (κ1) is 11.1. The van der Waals surface area contributed by atoms with Crippen LogP contribution in [0.25, 0.3) is 0 Å². The number of hydrogen-bond donors (Lipinski definition) is 0. The molecule has 0 aromatic rings. The summed E-state index contributed by atoms with van der Waals surface area (Å²) in [7, 11) is 0. The minimum Gasteiger partial charge on any atom is -0.318 e. The lowest BCUT2D eigenvalue weighted by atomic mass is 10.7. The van der Waals surface area contributed by atoms with E-state index in [4.69, 9.17) is 0 Å². The summed E-state index contributed by atoms with van der Waals surface area (Å²) in [4.78, 5) is 0. The van der Waals surface area contributed by atoms with Gasteiger partial charge in [-0.1, -0.05) is 6.92 Å². The lowest BCUT2D eigenvalue weighted by Gasteiger charge is -2.11. The van der Waals surface area contributed by atoms with Crippen molar-refractivity contribution in [1.82, 2.24) is 0 Å². The van der Waals surface area contributed by atoms with Gasteiger partial charge in [-0.15, -0.1) is 0 Å². The first-order valence-electron chi connectivity index (χ1n) is 3.28. The zero-order valence-electron chi connectivity index (χ0n) is 6.28. The Morgan fingerprint density at radius 1 is 1.45 bits per heavy atom. The van der Waals surface area contributed by atoms with Gasteiger partial charge < -0.3 is 4.74 Å². The average Bonchev–Trinajstić information content (AvgIpc) is 1.99. The molecule has 0 saturated carbocycles. The number of halogens is 3. The van der Waals surface area contributed by atoms with E-state index in [1.807, 2.05) is 6.92 Å². The highest BCUT2D eigenvalue weighted by molar-refractivity contribution is 7.99. The Kier molecular flexibility index (Phi) is 5.76. The summed E-state index contributed by atoms with van der Waals surface area (Å²) < 4.78 is 39.3. The maximum absolute atomic E-state index is 12.0. The van der Waals surface area contributed by atoms with Crippen LogP contribution in [-0.2, 0) is 4.74 Å². The second-order valence-electron chi connectivity index (χ2n) is 1.82. The van der Waals surface area contributed by atoms with Gasteiger partial charge in [0.2, 0.25) is 0 Å². The number of thioether (sulfide) groups is 1. The minimum atomic E-state index is -3.59. The second kappa shape index (κ2) is 5.71.